The molecule has 3 rings (SSSR count). The summed E-state index contributed by atoms with van der Waals surface area (Å²) < 4.78 is 0. The minimum absolute atomic E-state index is 0.102. The van der Waals surface area contributed by atoms with E-state index in [0.29, 0.717) is 5.56 Å². The van der Waals surface area contributed by atoms with E-state index in [2.05, 4.69) is 11.1 Å². The highest BCUT2D eigenvalue weighted by atomic mass is 16.6. The number of aliphatic hydroxyl groups is 1. The topological polar surface area (TPSA) is 103 Å². The van der Waals surface area contributed by atoms with Crippen LogP contribution in [0, 0.1) is 21.4 Å². The molecule has 1 aromatic heterocycles. The zero-order chi connectivity index (χ0) is 17.8. The standard InChI is InChI=1S/C18H18N4O3/c19-9-15-18(14-7-4-8-20-10-14)16(22(24)25)11-21(15)17(12-23)13-5-2-1-3-6-13/h1-8,10,15-18,23H,11-12H2/t15-,16+,17-,18+/m0/s1. The van der Waals surface area contributed by atoms with Crippen molar-refractivity contribution in [3.05, 3.63) is 76.1 Å². The van der Waals surface area contributed by atoms with Gasteiger partial charge in [0.1, 0.15) is 6.04 Å². The highest BCUT2D eigenvalue weighted by Gasteiger charge is 2.51. The molecule has 1 N–H and O–H groups in total. The lowest BCUT2D eigenvalue weighted by atomic mass is 9.90. The Labute approximate surface area is 145 Å². The zero-order valence-corrected chi connectivity index (χ0v) is 13.5. The number of aliphatic hydroxyl groups excluding tert-OH is 1. The number of nitriles is 1. The molecule has 0 saturated carbocycles. The van der Waals surface area contributed by atoms with Crippen LogP contribution in [0.1, 0.15) is 23.1 Å². The molecule has 1 aliphatic rings. The summed E-state index contributed by atoms with van der Waals surface area (Å²) in [6.45, 7) is -0.114. The summed E-state index contributed by atoms with van der Waals surface area (Å²) in [6.07, 6.45) is 3.17. The monoisotopic (exact) mass is 338 g/mol. The van der Waals surface area contributed by atoms with E-state index in [1.165, 1.54) is 0 Å². The van der Waals surface area contributed by atoms with Crippen LogP contribution in [-0.2, 0) is 0 Å². The number of rotatable bonds is 5. The highest BCUT2D eigenvalue weighted by Crippen LogP contribution is 2.39. The third-order valence-corrected chi connectivity index (χ3v) is 4.74. The molecule has 0 amide bonds. The fourth-order valence-electron chi connectivity index (χ4n) is 3.59. The SMILES string of the molecule is N#C[C@H]1[C@@H](c2cccnc2)[C@H]([N+](=O)[O-])CN1[C@@H](CO)c1ccccc1. The molecule has 0 aliphatic carbocycles. The van der Waals surface area contributed by atoms with Gasteiger partial charge in [0.15, 0.2) is 0 Å². The van der Waals surface area contributed by atoms with Crippen LogP contribution in [0.4, 0.5) is 0 Å². The summed E-state index contributed by atoms with van der Waals surface area (Å²) in [5.41, 5.74) is 1.50. The number of pyridine rings is 1. The van der Waals surface area contributed by atoms with Gasteiger partial charge in [-0.15, -0.1) is 0 Å². The maximum absolute atomic E-state index is 11.6. The number of nitrogens with zero attached hydrogens (tertiary/aromatic N) is 4. The Morgan fingerprint density at radius 2 is 2.12 bits per heavy atom. The van der Waals surface area contributed by atoms with Crippen LogP contribution in [0.3, 0.4) is 0 Å². The Balaban J connectivity index is 2.01. The Kier molecular flexibility index (Phi) is 5.03. The molecule has 1 fully saturated rings. The average molecular weight is 338 g/mol. The number of nitro groups is 1. The van der Waals surface area contributed by atoms with Crippen molar-refractivity contribution in [3.8, 4) is 6.07 Å². The average Bonchev–Trinajstić information content (AvgIpc) is 3.03. The third kappa shape index (κ3) is 3.22. The fraction of sp³-hybridized carbons (Fsp3) is 0.333. The van der Waals surface area contributed by atoms with Gasteiger partial charge in [-0.25, -0.2) is 0 Å². The van der Waals surface area contributed by atoms with Gasteiger partial charge in [-0.3, -0.25) is 20.0 Å². The molecule has 1 aliphatic heterocycles. The Morgan fingerprint density at radius 1 is 1.36 bits per heavy atom. The molecule has 25 heavy (non-hydrogen) atoms. The van der Waals surface area contributed by atoms with Crippen LogP contribution in [0.25, 0.3) is 0 Å². The summed E-state index contributed by atoms with van der Waals surface area (Å²) in [5, 5.41) is 31.3. The Morgan fingerprint density at radius 3 is 2.68 bits per heavy atom. The molecule has 0 spiro atoms. The van der Waals surface area contributed by atoms with Crippen LogP contribution in [-0.4, -0.2) is 45.1 Å². The molecule has 4 atom stereocenters. The van der Waals surface area contributed by atoms with Crippen molar-refractivity contribution in [2.75, 3.05) is 13.2 Å². The van der Waals surface area contributed by atoms with Gasteiger partial charge in [-0.2, -0.15) is 5.26 Å². The van der Waals surface area contributed by atoms with Crippen LogP contribution < -0.4 is 0 Å². The van der Waals surface area contributed by atoms with Crippen LogP contribution in [0.2, 0.25) is 0 Å². The van der Waals surface area contributed by atoms with Gasteiger partial charge in [0.05, 0.1) is 31.2 Å². The number of hydrogen-bond acceptors (Lipinski definition) is 6. The van der Waals surface area contributed by atoms with E-state index < -0.39 is 24.0 Å². The van der Waals surface area contributed by atoms with Gasteiger partial charge >= 0.3 is 0 Å². The minimum Gasteiger partial charge on any atom is -0.394 e. The molecule has 0 radical (unpaired) electrons. The van der Waals surface area contributed by atoms with Crippen LogP contribution >= 0.6 is 0 Å². The highest BCUT2D eigenvalue weighted by molar-refractivity contribution is 5.28. The molecular weight excluding hydrogens is 320 g/mol. The maximum atomic E-state index is 11.6. The second-order valence-corrected chi connectivity index (χ2v) is 6.04. The summed E-state index contributed by atoms with van der Waals surface area (Å²) in [5.74, 6) is -0.591. The van der Waals surface area contributed by atoms with Crippen molar-refractivity contribution < 1.29 is 10.0 Å². The third-order valence-electron chi connectivity index (χ3n) is 4.74. The lowest BCUT2D eigenvalue weighted by molar-refractivity contribution is -0.521. The number of aromatic nitrogens is 1. The lowest BCUT2D eigenvalue weighted by Crippen LogP contribution is -2.36. The molecule has 0 bridgehead atoms. The van der Waals surface area contributed by atoms with Gasteiger partial charge in [0, 0.05) is 17.3 Å². The fourth-order valence-corrected chi connectivity index (χ4v) is 3.59. The van der Waals surface area contributed by atoms with Crippen molar-refractivity contribution in [1.82, 2.24) is 9.88 Å². The summed E-state index contributed by atoms with van der Waals surface area (Å²) in [7, 11) is 0. The maximum Gasteiger partial charge on any atom is 0.235 e. The van der Waals surface area contributed by atoms with E-state index in [-0.39, 0.29) is 18.1 Å². The second-order valence-electron chi connectivity index (χ2n) is 6.04. The largest absolute Gasteiger partial charge is 0.394 e. The number of hydrogen-bond donors (Lipinski definition) is 1. The van der Waals surface area contributed by atoms with Gasteiger partial charge in [-0.05, 0) is 17.2 Å². The van der Waals surface area contributed by atoms with E-state index in [9.17, 15) is 20.5 Å². The van der Waals surface area contributed by atoms with Crippen molar-refractivity contribution in [3.63, 3.8) is 0 Å². The zero-order valence-electron chi connectivity index (χ0n) is 13.5. The van der Waals surface area contributed by atoms with Crippen molar-refractivity contribution >= 4 is 0 Å². The minimum atomic E-state index is -0.924. The Bertz CT molecular complexity index is 763. The predicted molar refractivity (Wildman–Crippen MR) is 90.1 cm³/mol. The lowest BCUT2D eigenvalue weighted by Gasteiger charge is -2.29. The summed E-state index contributed by atoms with van der Waals surface area (Å²) in [4.78, 5) is 17.1. The second kappa shape index (κ2) is 7.38. The van der Waals surface area contributed by atoms with Crippen LogP contribution in [0.5, 0.6) is 0 Å². The molecule has 1 aromatic carbocycles. The Hall–Kier alpha value is -2.82. The van der Waals surface area contributed by atoms with E-state index in [1.807, 2.05) is 30.3 Å². The van der Waals surface area contributed by atoms with Crippen molar-refractivity contribution in [2.45, 2.75) is 24.0 Å². The molecule has 1 saturated heterocycles. The summed E-state index contributed by atoms with van der Waals surface area (Å²) in [6, 6.07) is 12.9. The summed E-state index contributed by atoms with van der Waals surface area (Å²) >= 11 is 0. The first-order chi connectivity index (χ1) is 12.2. The van der Waals surface area contributed by atoms with E-state index in [1.54, 1.807) is 29.4 Å². The molecular formula is C18H18N4O3. The normalized spacial score (nSPS) is 24.6. The first kappa shape index (κ1) is 17.0. The first-order valence-electron chi connectivity index (χ1n) is 8.02. The van der Waals surface area contributed by atoms with Crippen LogP contribution in [0.15, 0.2) is 54.9 Å². The van der Waals surface area contributed by atoms with Crippen molar-refractivity contribution in [2.24, 2.45) is 0 Å². The van der Waals surface area contributed by atoms with Gasteiger partial charge in [-0.1, -0.05) is 36.4 Å². The van der Waals surface area contributed by atoms with Crippen molar-refractivity contribution in [1.29, 1.82) is 5.26 Å². The van der Waals surface area contributed by atoms with E-state index in [0.717, 1.165) is 5.56 Å². The molecule has 7 nitrogen and oxygen atoms in total. The van der Waals surface area contributed by atoms with E-state index in [4.69, 9.17) is 0 Å². The van der Waals surface area contributed by atoms with E-state index >= 15 is 0 Å². The van der Waals surface area contributed by atoms with Gasteiger partial charge in [0.2, 0.25) is 6.04 Å². The molecule has 2 aromatic rings. The quantitative estimate of drug-likeness (QED) is 0.658. The number of likely N-dealkylation sites (tertiary alicyclic amines) is 1. The smallest absolute Gasteiger partial charge is 0.235 e. The molecule has 7 heteroatoms. The molecule has 2 heterocycles. The number of benzene rings is 1. The predicted octanol–water partition coefficient (Wildman–Crippen LogP) is 1.75. The van der Waals surface area contributed by atoms with Gasteiger partial charge < -0.3 is 5.11 Å². The molecule has 128 valence electrons. The molecule has 0 unspecified atom stereocenters. The van der Waals surface area contributed by atoms with Gasteiger partial charge in [0.25, 0.3) is 0 Å². The first-order valence-corrected chi connectivity index (χ1v) is 8.02.